The molecule has 0 bridgehead atoms. The minimum Gasteiger partial charge on any atom is -0.387 e. The van der Waals surface area contributed by atoms with Crippen molar-refractivity contribution in [2.24, 2.45) is 0 Å². The molecule has 16 aromatic rings. The summed E-state index contributed by atoms with van der Waals surface area (Å²) in [5.74, 6) is -4.60. The van der Waals surface area contributed by atoms with Crippen LogP contribution >= 0.6 is 0 Å². The summed E-state index contributed by atoms with van der Waals surface area (Å²) in [5.41, 5.74) is -3.56. The molecule has 10 heteroatoms. The maximum Gasteiger partial charge on any atom is 0.184 e. The minimum atomic E-state index is -3.58. The monoisotopic (exact) mass is 1260 g/mol. The third-order valence-corrected chi connectivity index (χ3v) is 21.5. The number of benzene rings is 16. The van der Waals surface area contributed by atoms with E-state index < -0.39 is 84.4 Å². The number of hydrogen-bond acceptors (Lipinski definition) is 10. The molecule has 0 aliphatic rings. The highest BCUT2D eigenvalue weighted by Crippen LogP contribution is 2.42. The van der Waals surface area contributed by atoms with Crippen LogP contribution in [0.1, 0.15) is 73.6 Å². The van der Waals surface area contributed by atoms with E-state index in [4.69, 9.17) is 0 Å². The van der Waals surface area contributed by atoms with Crippen molar-refractivity contribution >= 4 is 152 Å². The Kier molecular flexibility index (Phi) is 15.3. The Hall–Kier alpha value is -9.88. The van der Waals surface area contributed by atoms with E-state index in [9.17, 15) is 40.2 Å². The van der Waals surface area contributed by atoms with Gasteiger partial charge >= 0.3 is 0 Å². The van der Waals surface area contributed by atoms with Crippen molar-refractivity contribution in [3.63, 3.8) is 0 Å². The van der Waals surface area contributed by atoms with Crippen LogP contribution in [-0.4, -0.2) is 89.4 Å². The summed E-state index contributed by atoms with van der Waals surface area (Å²) < 4.78 is 0. The Morgan fingerprint density at radius 3 is 0.698 bits per heavy atom. The van der Waals surface area contributed by atoms with E-state index in [2.05, 4.69) is 121 Å². The van der Waals surface area contributed by atoms with Gasteiger partial charge in [-0.2, -0.15) is 0 Å². The lowest BCUT2D eigenvalue weighted by molar-refractivity contribution is -0.225. The molecule has 0 amide bonds. The van der Waals surface area contributed by atoms with Gasteiger partial charge in [0.05, 0.1) is 0 Å². The predicted octanol–water partition coefficient (Wildman–Crippen LogP) is 15.8. The molecule has 6 N–H and O–H groups in total. The van der Waals surface area contributed by atoms with Gasteiger partial charge in [-0.3, -0.25) is 19.2 Å². The van der Waals surface area contributed by atoms with Crippen molar-refractivity contribution in [3.8, 4) is 0 Å². The Labute approximate surface area is 552 Å². The molecule has 0 saturated heterocycles. The molecule has 0 fully saturated rings. The number of aliphatic hydroxyl groups is 6. The van der Waals surface area contributed by atoms with Gasteiger partial charge in [0.2, 0.25) is 0 Å². The van der Waals surface area contributed by atoms with Gasteiger partial charge in [-0.15, -0.1) is 0 Å². The van der Waals surface area contributed by atoms with Gasteiger partial charge in [-0.1, -0.05) is 218 Å². The second-order valence-corrected chi connectivity index (χ2v) is 26.9. The summed E-state index contributed by atoms with van der Waals surface area (Å²) in [4.78, 5) is 59.8. The number of ketones is 4. The third-order valence-electron chi connectivity index (χ3n) is 21.5. The summed E-state index contributed by atoms with van der Waals surface area (Å²) in [7, 11) is 0. The highest BCUT2D eigenvalue weighted by Gasteiger charge is 2.62. The molecule has 16 aromatic carbocycles. The summed E-state index contributed by atoms with van der Waals surface area (Å²) in [6.07, 6.45) is -11.8. The highest BCUT2D eigenvalue weighted by molar-refractivity contribution is 6.27. The van der Waals surface area contributed by atoms with Crippen LogP contribution in [0, 0.1) is 0 Å². The number of rotatable bonds is 25. The normalized spacial score (nSPS) is 15.0. The van der Waals surface area contributed by atoms with Crippen molar-refractivity contribution in [1.82, 2.24) is 0 Å². The fraction of sp³-hybridized carbons (Fsp3) is 0.209. The number of aliphatic hydroxyl groups excluding tert-OH is 4. The third kappa shape index (κ3) is 9.91. The maximum atomic E-state index is 15.2. The molecule has 0 radical (unpaired) electrons. The molecule has 0 aliphatic heterocycles. The minimum absolute atomic E-state index is 0.0307. The molecule has 474 valence electrons. The van der Waals surface area contributed by atoms with Crippen LogP contribution in [0.3, 0.4) is 0 Å². The number of aryl methyl sites for hydroxylation is 4. The second kappa shape index (κ2) is 24.1. The average Bonchev–Trinajstić information content (AvgIpc) is 0.772. The van der Waals surface area contributed by atoms with E-state index in [1.807, 2.05) is 97.1 Å². The first-order valence-corrected chi connectivity index (χ1v) is 33.6. The van der Waals surface area contributed by atoms with Gasteiger partial charge in [-0.05, 0) is 203 Å². The van der Waals surface area contributed by atoms with Gasteiger partial charge in [-0.25, -0.2) is 0 Å². The Morgan fingerprint density at radius 1 is 0.260 bits per heavy atom. The lowest BCUT2D eigenvalue weighted by Gasteiger charge is -2.43. The topological polar surface area (TPSA) is 190 Å². The van der Waals surface area contributed by atoms with Crippen LogP contribution in [0.5, 0.6) is 0 Å². The quantitative estimate of drug-likeness (QED) is 0.0300. The Bertz CT molecular complexity index is 5320. The van der Waals surface area contributed by atoms with Crippen LogP contribution in [0.4, 0.5) is 0 Å². The summed E-state index contributed by atoms with van der Waals surface area (Å²) in [5, 5.41) is 102. The summed E-state index contributed by atoms with van der Waals surface area (Å²) in [6.45, 7) is 0. The van der Waals surface area contributed by atoms with E-state index in [0.29, 0.717) is 12.8 Å². The number of Topliss-reactive ketones (excluding diaryl/α,β-unsaturated/α-hetero) is 4. The predicted molar refractivity (Wildman–Crippen MR) is 386 cm³/mol. The summed E-state index contributed by atoms with van der Waals surface area (Å²) >= 11 is 0. The lowest BCUT2D eigenvalue weighted by Crippen LogP contribution is -2.71. The van der Waals surface area contributed by atoms with Gasteiger partial charge in [0.15, 0.2) is 46.5 Å². The summed E-state index contributed by atoms with van der Waals surface area (Å²) in [6, 6.07) is 73.5. The number of carbonyl (C=O) groups is 4. The molecule has 96 heavy (non-hydrogen) atoms. The zero-order valence-corrected chi connectivity index (χ0v) is 52.9. The van der Waals surface area contributed by atoms with Crippen molar-refractivity contribution in [3.05, 3.63) is 241 Å². The Balaban J connectivity index is 0.707. The van der Waals surface area contributed by atoms with Crippen molar-refractivity contribution in [1.29, 1.82) is 0 Å². The van der Waals surface area contributed by atoms with Crippen LogP contribution in [0.25, 0.3) is 129 Å². The van der Waals surface area contributed by atoms with Crippen molar-refractivity contribution in [2.75, 3.05) is 0 Å². The molecular formula is C86H70O10. The fourth-order valence-corrected chi connectivity index (χ4v) is 16.4. The van der Waals surface area contributed by atoms with Gasteiger partial charge < -0.3 is 30.6 Å². The number of hydrogen-bond donors (Lipinski definition) is 6. The molecule has 0 aliphatic carbocycles. The zero-order valence-electron chi connectivity index (χ0n) is 52.9. The molecular weight excluding hydrogens is 1190 g/mol. The zero-order chi connectivity index (χ0) is 65.7. The van der Waals surface area contributed by atoms with E-state index in [1.54, 1.807) is 0 Å². The molecule has 2 unspecified atom stereocenters. The van der Waals surface area contributed by atoms with Crippen molar-refractivity contribution < 1.29 is 49.8 Å². The van der Waals surface area contributed by atoms with E-state index in [1.165, 1.54) is 0 Å². The van der Waals surface area contributed by atoms with Crippen LogP contribution in [0.15, 0.2) is 218 Å². The number of carbonyl (C=O) groups excluding carboxylic acids is 4. The smallest absolute Gasteiger partial charge is 0.184 e. The first-order chi connectivity index (χ1) is 46.7. The first kappa shape index (κ1) is 61.0. The molecule has 0 spiro atoms. The molecule has 10 nitrogen and oxygen atoms in total. The van der Waals surface area contributed by atoms with Crippen LogP contribution in [0.2, 0.25) is 0 Å². The van der Waals surface area contributed by atoms with E-state index >= 15 is 9.59 Å². The molecule has 6 atom stereocenters. The second-order valence-electron chi connectivity index (χ2n) is 26.9. The maximum absolute atomic E-state index is 15.2. The molecule has 0 saturated carbocycles. The van der Waals surface area contributed by atoms with Crippen LogP contribution < -0.4 is 0 Å². The van der Waals surface area contributed by atoms with Crippen molar-refractivity contribution in [2.45, 2.75) is 113 Å². The SMILES string of the molecule is O=C(CCCc1ccc2ccc3cccc4ccc1c2c34)C(O)[C@](O)(C(=O)CCCc1ccc2ccc3cccc4ccc1c2c34)[C@@H](O)[C@H](O)[C@@](O)(C(=O)CCCc1ccc2ccc3cccc4ccc1c2c34)C(O)C(=O)CCCc1ccc2ccc3cccc4ccc1c2c34. The molecule has 0 aromatic heterocycles. The van der Waals surface area contributed by atoms with E-state index in [0.717, 1.165) is 152 Å². The van der Waals surface area contributed by atoms with Gasteiger partial charge in [0.1, 0.15) is 12.2 Å². The van der Waals surface area contributed by atoms with Gasteiger partial charge in [0.25, 0.3) is 0 Å². The Morgan fingerprint density at radius 2 is 0.458 bits per heavy atom. The fourth-order valence-electron chi connectivity index (χ4n) is 16.4. The highest BCUT2D eigenvalue weighted by atomic mass is 16.4. The van der Waals surface area contributed by atoms with Crippen LogP contribution in [-0.2, 0) is 44.9 Å². The average molecular weight is 1260 g/mol. The first-order valence-electron chi connectivity index (χ1n) is 33.6. The largest absolute Gasteiger partial charge is 0.387 e. The van der Waals surface area contributed by atoms with E-state index in [-0.39, 0.29) is 38.5 Å². The lowest BCUT2D eigenvalue weighted by atomic mass is 9.71. The molecule has 16 rings (SSSR count). The molecule has 0 heterocycles. The standard InChI is InChI=1S/C86H70O10/c87-69(21-5-9-49-25-29-61-37-33-53-13-1-17-57-41-45-65(49)77(61)73(53)57)81(91)85(95,71(89)23-7-11-51-27-31-63-39-35-55-15-3-19-59-43-47-67(51)79(63)75(55)59)83(93)84(94)86(96,72(90)24-8-12-52-28-32-64-40-36-56-16-4-20-60-44-48-68(52)80(64)76(56)60)82(92)70(88)22-6-10-50-26-30-62-38-34-54-14-2-18-58-42-46-66(50)78(62)74(54)58/h1-4,13-20,25-48,81-84,91-96H,5-12,21-24H2/t81?,82?,83-,84-,85+,86+/m0/s1. The van der Waals surface area contributed by atoms with Gasteiger partial charge in [0, 0.05) is 25.7 Å².